The van der Waals surface area contributed by atoms with Crippen LogP contribution in [0.4, 0.5) is 0 Å². The van der Waals surface area contributed by atoms with Crippen LogP contribution in [0.3, 0.4) is 0 Å². The predicted octanol–water partition coefficient (Wildman–Crippen LogP) is 2.90. The van der Waals surface area contributed by atoms with Crippen molar-refractivity contribution >= 4 is 0 Å². The maximum absolute atomic E-state index is 12.2. The lowest BCUT2D eigenvalue weighted by Crippen LogP contribution is -2.21. The summed E-state index contributed by atoms with van der Waals surface area (Å²) in [7, 11) is 0. The van der Waals surface area contributed by atoms with E-state index in [9.17, 15) is 10.1 Å². The van der Waals surface area contributed by atoms with Crippen molar-refractivity contribution in [2.45, 2.75) is 0 Å². The second-order valence-electron chi connectivity index (χ2n) is 4.47. The Hall–Kier alpha value is -3.39. The molecule has 5 nitrogen and oxygen atoms in total. The molecule has 0 radical (unpaired) electrons. The lowest BCUT2D eigenvalue weighted by atomic mass is 10.3. The number of rotatable bonds is 3. The third-order valence-corrected chi connectivity index (χ3v) is 2.97. The summed E-state index contributed by atoms with van der Waals surface area (Å²) in [5.74, 6) is 0.684. The fraction of sp³-hybridized carbons (Fsp3) is 0. The Morgan fingerprint density at radius 1 is 1.00 bits per heavy atom. The predicted molar refractivity (Wildman–Crippen MR) is 81.1 cm³/mol. The second kappa shape index (κ2) is 5.94. The first kappa shape index (κ1) is 13.6. The molecule has 1 heterocycles. The molecule has 0 saturated carbocycles. The van der Waals surface area contributed by atoms with Crippen molar-refractivity contribution in [1.29, 1.82) is 5.26 Å². The summed E-state index contributed by atoms with van der Waals surface area (Å²) in [6.45, 7) is 0. The molecule has 0 fully saturated rings. The summed E-state index contributed by atoms with van der Waals surface area (Å²) < 4.78 is 6.75. The normalized spacial score (nSPS) is 9.95. The van der Waals surface area contributed by atoms with Crippen LogP contribution in [0.25, 0.3) is 5.69 Å². The van der Waals surface area contributed by atoms with Gasteiger partial charge in [0.1, 0.15) is 11.8 Å². The molecule has 0 bridgehead atoms. The number of nitriles is 1. The van der Waals surface area contributed by atoms with Crippen LogP contribution < -0.4 is 10.3 Å². The van der Waals surface area contributed by atoms with Gasteiger partial charge in [0, 0.05) is 0 Å². The molecule has 22 heavy (non-hydrogen) atoms. The smallest absolute Gasteiger partial charge is 0.275 e. The van der Waals surface area contributed by atoms with Gasteiger partial charge in [-0.25, -0.2) is 0 Å². The summed E-state index contributed by atoms with van der Waals surface area (Å²) in [4.78, 5) is 12.2. The van der Waals surface area contributed by atoms with Crippen LogP contribution in [0.1, 0.15) is 5.69 Å². The van der Waals surface area contributed by atoms with Crippen molar-refractivity contribution in [2.24, 2.45) is 0 Å². The van der Waals surface area contributed by atoms with Crippen molar-refractivity contribution in [3.8, 4) is 23.3 Å². The Kier molecular flexibility index (Phi) is 3.67. The van der Waals surface area contributed by atoms with Gasteiger partial charge in [0.25, 0.3) is 5.56 Å². The standard InChI is InChI=1S/C17H11N3O2/c18-12-15-16(22-14-9-5-2-6-10-14)11-17(21)20(19-15)13-7-3-1-4-8-13/h1-11H. The van der Waals surface area contributed by atoms with Crippen molar-refractivity contribution in [2.75, 3.05) is 0 Å². The topological polar surface area (TPSA) is 67.9 Å². The highest BCUT2D eigenvalue weighted by molar-refractivity contribution is 5.41. The molecule has 1 aromatic heterocycles. The highest BCUT2D eigenvalue weighted by Gasteiger charge is 2.11. The van der Waals surface area contributed by atoms with Gasteiger partial charge in [-0.3, -0.25) is 4.79 Å². The summed E-state index contributed by atoms with van der Waals surface area (Å²) in [5, 5.41) is 13.3. The van der Waals surface area contributed by atoms with E-state index in [1.54, 1.807) is 48.5 Å². The van der Waals surface area contributed by atoms with E-state index in [2.05, 4.69) is 5.10 Å². The van der Waals surface area contributed by atoms with Gasteiger partial charge < -0.3 is 4.74 Å². The van der Waals surface area contributed by atoms with Gasteiger partial charge in [-0.15, -0.1) is 5.10 Å². The molecule has 0 spiro atoms. The Morgan fingerprint density at radius 3 is 2.27 bits per heavy atom. The van der Waals surface area contributed by atoms with Gasteiger partial charge in [0.15, 0.2) is 5.75 Å². The molecular weight excluding hydrogens is 278 g/mol. The van der Waals surface area contributed by atoms with Gasteiger partial charge in [0.05, 0.1) is 11.8 Å². The first-order chi connectivity index (χ1) is 10.8. The second-order valence-corrected chi connectivity index (χ2v) is 4.47. The first-order valence-electron chi connectivity index (χ1n) is 6.61. The number of benzene rings is 2. The van der Waals surface area contributed by atoms with E-state index in [4.69, 9.17) is 4.74 Å². The van der Waals surface area contributed by atoms with E-state index in [-0.39, 0.29) is 17.0 Å². The molecular formula is C17H11N3O2. The monoisotopic (exact) mass is 289 g/mol. The largest absolute Gasteiger partial charge is 0.454 e. The van der Waals surface area contributed by atoms with E-state index in [0.29, 0.717) is 11.4 Å². The van der Waals surface area contributed by atoms with Crippen LogP contribution in [-0.2, 0) is 0 Å². The molecule has 106 valence electrons. The fourth-order valence-electron chi connectivity index (χ4n) is 1.97. The zero-order valence-electron chi connectivity index (χ0n) is 11.5. The summed E-state index contributed by atoms with van der Waals surface area (Å²) in [5.41, 5.74) is 0.277. The molecule has 0 amide bonds. The molecule has 3 aromatic rings. The summed E-state index contributed by atoms with van der Waals surface area (Å²) in [6.07, 6.45) is 0. The number of aromatic nitrogens is 2. The van der Waals surface area contributed by atoms with Crippen molar-refractivity contribution in [3.63, 3.8) is 0 Å². The zero-order valence-corrected chi connectivity index (χ0v) is 11.5. The summed E-state index contributed by atoms with van der Waals surface area (Å²) in [6, 6.07) is 21.1. The number of para-hydroxylation sites is 2. The molecule has 0 saturated heterocycles. The van der Waals surface area contributed by atoms with Crippen molar-refractivity contribution in [3.05, 3.63) is 82.8 Å². The lowest BCUT2D eigenvalue weighted by Gasteiger charge is -2.09. The number of hydrogen-bond donors (Lipinski definition) is 0. The van der Waals surface area contributed by atoms with E-state index in [1.165, 1.54) is 10.7 Å². The molecule has 3 rings (SSSR count). The number of nitrogens with zero attached hydrogens (tertiary/aromatic N) is 3. The van der Waals surface area contributed by atoms with Crippen LogP contribution in [-0.4, -0.2) is 9.78 Å². The van der Waals surface area contributed by atoms with E-state index >= 15 is 0 Å². The van der Waals surface area contributed by atoms with Crippen molar-refractivity contribution < 1.29 is 4.74 Å². The number of ether oxygens (including phenoxy) is 1. The Morgan fingerprint density at radius 2 is 1.64 bits per heavy atom. The Labute approximate surface area is 126 Å². The van der Waals surface area contributed by atoms with E-state index in [1.807, 2.05) is 18.2 Å². The third kappa shape index (κ3) is 2.72. The summed E-state index contributed by atoms with van der Waals surface area (Å²) >= 11 is 0. The SMILES string of the molecule is N#Cc1nn(-c2ccccc2)c(=O)cc1Oc1ccccc1. The van der Waals surface area contributed by atoms with Crippen molar-refractivity contribution in [1.82, 2.24) is 9.78 Å². The molecule has 2 aromatic carbocycles. The molecule has 0 aliphatic heterocycles. The van der Waals surface area contributed by atoms with E-state index in [0.717, 1.165) is 0 Å². The average Bonchev–Trinajstić information content (AvgIpc) is 2.57. The minimum absolute atomic E-state index is 0.0484. The minimum atomic E-state index is -0.365. The molecule has 0 atom stereocenters. The zero-order chi connectivity index (χ0) is 15.4. The van der Waals surface area contributed by atoms with Gasteiger partial charge in [-0.05, 0) is 24.3 Å². The van der Waals surface area contributed by atoms with Gasteiger partial charge in [0.2, 0.25) is 5.69 Å². The van der Waals surface area contributed by atoms with Crippen LogP contribution in [0.15, 0.2) is 71.5 Å². The minimum Gasteiger partial charge on any atom is -0.454 e. The average molecular weight is 289 g/mol. The maximum Gasteiger partial charge on any atom is 0.275 e. The highest BCUT2D eigenvalue weighted by Crippen LogP contribution is 2.22. The van der Waals surface area contributed by atoms with E-state index < -0.39 is 0 Å². The third-order valence-electron chi connectivity index (χ3n) is 2.97. The Bertz CT molecular complexity index is 881. The lowest BCUT2D eigenvalue weighted by molar-refractivity contribution is 0.472. The van der Waals surface area contributed by atoms with Crippen LogP contribution in [0, 0.1) is 11.3 Å². The maximum atomic E-state index is 12.2. The van der Waals surface area contributed by atoms with Gasteiger partial charge in [-0.2, -0.15) is 9.94 Å². The molecule has 0 unspecified atom stereocenters. The molecule has 0 N–H and O–H groups in total. The molecule has 0 aliphatic rings. The fourth-order valence-corrected chi connectivity index (χ4v) is 1.97. The van der Waals surface area contributed by atoms with Crippen LogP contribution in [0.5, 0.6) is 11.5 Å². The number of hydrogen-bond acceptors (Lipinski definition) is 4. The van der Waals surface area contributed by atoms with Crippen LogP contribution in [0.2, 0.25) is 0 Å². The van der Waals surface area contributed by atoms with Gasteiger partial charge >= 0.3 is 0 Å². The molecule has 0 aliphatic carbocycles. The Balaban J connectivity index is 2.06. The highest BCUT2D eigenvalue weighted by atomic mass is 16.5. The first-order valence-corrected chi connectivity index (χ1v) is 6.61. The van der Waals surface area contributed by atoms with Crippen LogP contribution >= 0.6 is 0 Å². The molecule has 5 heteroatoms. The van der Waals surface area contributed by atoms with Gasteiger partial charge in [-0.1, -0.05) is 36.4 Å². The quantitative estimate of drug-likeness (QED) is 0.743.